The van der Waals surface area contributed by atoms with Gasteiger partial charge in [-0.3, -0.25) is 9.78 Å². The first-order chi connectivity index (χ1) is 17.5. The number of amides is 1. The highest BCUT2D eigenvalue weighted by atomic mass is 32.1. The second-order valence-electron chi connectivity index (χ2n) is 10.1. The van der Waals surface area contributed by atoms with Gasteiger partial charge in [-0.15, -0.1) is 0 Å². The number of aromatic nitrogens is 2. The van der Waals surface area contributed by atoms with Gasteiger partial charge in [-0.05, 0) is 79.9 Å². The number of hydrogen-bond acceptors (Lipinski definition) is 3. The van der Waals surface area contributed by atoms with Crippen LogP contribution in [0.4, 0.5) is 5.69 Å². The van der Waals surface area contributed by atoms with Crippen LogP contribution in [0.25, 0.3) is 0 Å². The Labute approximate surface area is 219 Å². The molecule has 188 valence electrons. The van der Waals surface area contributed by atoms with Crippen LogP contribution in [0.1, 0.15) is 79.0 Å². The average molecular weight is 502 g/mol. The molecule has 1 aromatic carbocycles. The summed E-state index contributed by atoms with van der Waals surface area (Å²) in [7, 11) is 0. The van der Waals surface area contributed by atoms with Gasteiger partial charge < -0.3 is 20.1 Å². The van der Waals surface area contributed by atoms with Crippen molar-refractivity contribution in [3.8, 4) is 0 Å². The van der Waals surface area contributed by atoms with Crippen LogP contribution in [-0.4, -0.2) is 32.0 Å². The summed E-state index contributed by atoms with van der Waals surface area (Å²) in [5.41, 5.74) is 5.22. The maximum atomic E-state index is 12.9. The van der Waals surface area contributed by atoms with Crippen molar-refractivity contribution in [3.05, 3.63) is 83.4 Å². The van der Waals surface area contributed by atoms with Crippen LogP contribution >= 0.6 is 12.2 Å². The van der Waals surface area contributed by atoms with Crippen LogP contribution in [0, 0.1) is 13.8 Å². The van der Waals surface area contributed by atoms with Gasteiger partial charge in [0.1, 0.15) is 0 Å². The molecule has 1 aliphatic carbocycles. The van der Waals surface area contributed by atoms with Gasteiger partial charge in [-0.1, -0.05) is 37.5 Å². The Morgan fingerprint density at radius 2 is 1.97 bits per heavy atom. The van der Waals surface area contributed by atoms with Gasteiger partial charge in [0.15, 0.2) is 5.11 Å². The van der Waals surface area contributed by atoms with Crippen molar-refractivity contribution < 1.29 is 4.79 Å². The number of aryl methyl sites for hydroxylation is 2. The smallest absolute Gasteiger partial charge is 0.226 e. The molecule has 36 heavy (non-hydrogen) atoms. The van der Waals surface area contributed by atoms with E-state index in [2.05, 4.69) is 49.6 Å². The molecule has 3 heterocycles. The van der Waals surface area contributed by atoms with Gasteiger partial charge in [-0.2, -0.15) is 0 Å². The molecule has 1 saturated carbocycles. The molecule has 2 atom stereocenters. The molecular weight excluding hydrogens is 466 g/mol. The highest BCUT2D eigenvalue weighted by Crippen LogP contribution is 2.40. The van der Waals surface area contributed by atoms with E-state index in [1.807, 2.05) is 50.4 Å². The normalized spacial score (nSPS) is 20.4. The largest absolute Gasteiger partial charge is 0.352 e. The molecular formula is C29H35N5OS. The lowest BCUT2D eigenvalue weighted by molar-refractivity contribution is -0.116. The number of carbonyl (C=O) groups is 1. The minimum Gasteiger partial charge on any atom is -0.352 e. The maximum absolute atomic E-state index is 12.9. The molecule has 0 spiro atoms. The topological polar surface area (TPSA) is 62.2 Å². The summed E-state index contributed by atoms with van der Waals surface area (Å²) in [6, 6.07) is 14.8. The van der Waals surface area contributed by atoms with Crippen LogP contribution in [0.3, 0.4) is 0 Å². The molecule has 2 N–H and O–H groups in total. The summed E-state index contributed by atoms with van der Waals surface area (Å²) in [5, 5.41) is 7.26. The highest BCUT2D eigenvalue weighted by Gasteiger charge is 2.40. The fourth-order valence-electron chi connectivity index (χ4n) is 5.53. The Balaban J connectivity index is 1.36. The molecule has 2 aromatic heterocycles. The molecule has 1 saturated heterocycles. The first-order valence-corrected chi connectivity index (χ1v) is 13.4. The lowest BCUT2D eigenvalue weighted by Crippen LogP contribution is -2.32. The van der Waals surface area contributed by atoms with Crippen LogP contribution in [0.5, 0.6) is 0 Å². The molecule has 0 bridgehead atoms. The predicted molar refractivity (Wildman–Crippen MR) is 148 cm³/mol. The fraction of sp³-hybridized carbons (Fsp3) is 0.414. The van der Waals surface area contributed by atoms with E-state index in [0.29, 0.717) is 24.1 Å². The number of carbonyl (C=O) groups excluding carboxylic acids is 1. The Bertz CT molecular complexity index is 1220. The van der Waals surface area contributed by atoms with E-state index >= 15 is 0 Å². The molecule has 2 aliphatic rings. The average Bonchev–Trinajstić information content (AvgIpc) is 3.50. The lowest BCUT2D eigenvalue weighted by Gasteiger charge is -2.27. The Morgan fingerprint density at radius 1 is 1.14 bits per heavy atom. The standard InChI is InChI=1S/C29H35N5OS/c1-20-11-12-21(2)25(18-20)31-26(35)14-17-34-28(27(32-29(34)36)24-10-6-7-15-30-24)22-13-16-33(19-22)23-8-4-3-5-9-23/h6-7,10-13,15-16,18-19,23,27-28H,3-5,8-9,14,17H2,1-2H3,(H,31,35)(H,32,36)/t27-,28-/m1/s1. The van der Waals surface area contributed by atoms with E-state index in [-0.39, 0.29) is 18.0 Å². The third kappa shape index (κ3) is 5.31. The first kappa shape index (κ1) is 24.5. The zero-order valence-corrected chi connectivity index (χ0v) is 21.9. The predicted octanol–water partition coefficient (Wildman–Crippen LogP) is 6.01. The minimum atomic E-state index is -0.0667. The second kappa shape index (κ2) is 10.8. The third-order valence-electron chi connectivity index (χ3n) is 7.52. The number of hydrogen-bond donors (Lipinski definition) is 2. The first-order valence-electron chi connectivity index (χ1n) is 13.0. The number of rotatable bonds is 7. The van der Waals surface area contributed by atoms with E-state index in [0.717, 1.165) is 22.5 Å². The number of benzene rings is 1. The molecule has 1 amide bonds. The zero-order valence-electron chi connectivity index (χ0n) is 21.1. The minimum absolute atomic E-state index is 0.00804. The van der Waals surface area contributed by atoms with Gasteiger partial charge in [-0.25, -0.2) is 0 Å². The number of nitrogens with one attached hydrogen (secondary N) is 2. The van der Waals surface area contributed by atoms with Crippen molar-refractivity contribution in [1.82, 2.24) is 19.8 Å². The monoisotopic (exact) mass is 501 g/mol. The maximum Gasteiger partial charge on any atom is 0.226 e. The van der Waals surface area contributed by atoms with Gasteiger partial charge in [0, 0.05) is 43.3 Å². The van der Waals surface area contributed by atoms with E-state index < -0.39 is 0 Å². The quantitative estimate of drug-likeness (QED) is 0.389. The van der Waals surface area contributed by atoms with E-state index in [1.165, 1.54) is 37.7 Å². The van der Waals surface area contributed by atoms with Crippen molar-refractivity contribution in [2.45, 2.75) is 70.5 Å². The summed E-state index contributed by atoms with van der Waals surface area (Å²) in [4.78, 5) is 19.7. The second-order valence-corrected chi connectivity index (χ2v) is 10.5. The van der Waals surface area contributed by atoms with Gasteiger partial charge in [0.05, 0.1) is 17.8 Å². The summed E-state index contributed by atoms with van der Waals surface area (Å²) >= 11 is 5.79. The molecule has 0 radical (unpaired) electrons. The number of anilines is 1. The van der Waals surface area contributed by atoms with Crippen molar-refractivity contribution in [3.63, 3.8) is 0 Å². The Kier molecular flexibility index (Phi) is 7.37. The van der Waals surface area contributed by atoms with Crippen LogP contribution in [-0.2, 0) is 4.79 Å². The Morgan fingerprint density at radius 3 is 2.75 bits per heavy atom. The van der Waals surface area contributed by atoms with E-state index in [1.54, 1.807) is 0 Å². The van der Waals surface area contributed by atoms with Gasteiger partial charge in [0.25, 0.3) is 0 Å². The third-order valence-corrected chi connectivity index (χ3v) is 7.87. The molecule has 3 aromatic rings. The molecule has 1 aliphatic heterocycles. The molecule has 0 unspecified atom stereocenters. The van der Waals surface area contributed by atoms with E-state index in [9.17, 15) is 4.79 Å². The molecule has 5 rings (SSSR count). The molecule has 7 heteroatoms. The lowest BCUT2D eigenvalue weighted by atomic mass is 9.95. The molecule has 6 nitrogen and oxygen atoms in total. The Hall–Kier alpha value is -3.19. The van der Waals surface area contributed by atoms with Crippen molar-refractivity contribution in [2.75, 3.05) is 11.9 Å². The summed E-state index contributed by atoms with van der Waals surface area (Å²) in [6.07, 6.45) is 13.1. The summed E-state index contributed by atoms with van der Waals surface area (Å²) < 4.78 is 2.39. The fourth-order valence-corrected chi connectivity index (χ4v) is 5.86. The number of thiocarbonyl (C=S) groups is 1. The molecule has 2 fully saturated rings. The summed E-state index contributed by atoms with van der Waals surface area (Å²) in [6.45, 7) is 4.58. The van der Waals surface area contributed by atoms with Crippen molar-refractivity contribution in [1.29, 1.82) is 0 Å². The number of pyridine rings is 1. The number of nitrogens with zero attached hydrogens (tertiary/aromatic N) is 3. The van der Waals surface area contributed by atoms with Gasteiger partial charge in [0.2, 0.25) is 5.91 Å². The zero-order chi connectivity index (χ0) is 25.1. The summed E-state index contributed by atoms with van der Waals surface area (Å²) in [5.74, 6) is -0.00804. The van der Waals surface area contributed by atoms with Gasteiger partial charge >= 0.3 is 0 Å². The van der Waals surface area contributed by atoms with Crippen LogP contribution in [0.15, 0.2) is 61.1 Å². The van der Waals surface area contributed by atoms with Crippen molar-refractivity contribution in [2.24, 2.45) is 0 Å². The van der Waals surface area contributed by atoms with Crippen molar-refractivity contribution >= 4 is 28.9 Å². The highest BCUT2D eigenvalue weighted by molar-refractivity contribution is 7.80. The van der Waals surface area contributed by atoms with E-state index in [4.69, 9.17) is 12.2 Å². The SMILES string of the molecule is Cc1ccc(C)c(NC(=O)CCN2C(=S)N[C@H](c3ccccn3)[C@H]2c2ccn(C3CCCCC3)c2)c1. The van der Waals surface area contributed by atoms with Crippen LogP contribution in [0.2, 0.25) is 0 Å². The van der Waals surface area contributed by atoms with Crippen LogP contribution < -0.4 is 10.6 Å².